The summed E-state index contributed by atoms with van der Waals surface area (Å²) in [5, 5.41) is 12.1. The standard InChI is InChI=1S/C23H25N3O/c24-12-13-26(16-18-6-7-18)22-14-21(22)19-8-10-20(11-9-19)23(27)25-15-17-4-2-1-3-5-17/h1-5,8-11,18,21-22H,6-7,13-16H2,(H,25,27). The highest BCUT2D eigenvalue weighted by Crippen LogP contribution is 2.46. The van der Waals surface area contributed by atoms with Crippen LogP contribution in [0.25, 0.3) is 0 Å². The van der Waals surface area contributed by atoms with Gasteiger partial charge in [0.1, 0.15) is 0 Å². The normalized spacial score (nSPS) is 20.9. The van der Waals surface area contributed by atoms with E-state index in [1.807, 2.05) is 42.5 Å². The fourth-order valence-corrected chi connectivity index (χ4v) is 3.75. The molecule has 4 nitrogen and oxygen atoms in total. The summed E-state index contributed by atoms with van der Waals surface area (Å²) in [6.07, 6.45) is 3.74. The Kier molecular flexibility index (Phi) is 5.22. The largest absolute Gasteiger partial charge is 0.348 e. The maximum Gasteiger partial charge on any atom is 0.251 e. The van der Waals surface area contributed by atoms with Gasteiger partial charge in [0.2, 0.25) is 0 Å². The summed E-state index contributed by atoms with van der Waals surface area (Å²) in [6, 6.07) is 20.7. The van der Waals surface area contributed by atoms with Crippen LogP contribution in [0, 0.1) is 17.2 Å². The first-order valence-corrected chi connectivity index (χ1v) is 9.77. The minimum Gasteiger partial charge on any atom is -0.348 e. The number of hydrogen-bond acceptors (Lipinski definition) is 3. The van der Waals surface area contributed by atoms with Gasteiger partial charge in [-0.2, -0.15) is 5.26 Å². The van der Waals surface area contributed by atoms with Crippen LogP contribution in [0.1, 0.15) is 46.7 Å². The lowest BCUT2D eigenvalue weighted by Crippen LogP contribution is -2.29. The van der Waals surface area contributed by atoms with Gasteiger partial charge in [0.25, 0.3) is 5.91 Å². The minimum absolute atomic E-state index is 0.0439. The van der Waals surface area contributed by atoms with Gasteiger partial charge in [0, 0.05) is 30.6 Å². The lowest BCUT2D eigenvalue weighted by molar-refractivity contribution is 0.0951. The van der Waals surface area contributed by atoms with E-state index in [0.717, 1.165) is 24.4 Å². The van der Waals surface area contributed by atoms with Gasteiger partial charge in [-0.15, -0.1) is 0 Å². The molecule has 4 heteroatoms. The summed E-state index contributed by atoms with van der Waals surface area (Å²) >= 11 is 0. The van der Waals surface area contributed by atoms with Crippen LogP contribution in [0.5, 0.6) is 0 Å². The highest BCUT2D eigenvalue weighted by atomic mass is 16.1. The van der Waals surface area contributed by atoms with Crippen molar-refractivity contribution in [2.75, 3.05) is 13.1 Å². The van der Waals surface area contributed by atoms with Crippen LogP contribution in [0.2, 0.25) is 0 Å². The molecule has 0 aliphatic heterocycles. The fourth-order valence-electron chi connectivity index (χ4n) is 3.75. The van der Waals surface area contributed by atoms with E-state index in [4.69, 9.17) is 5.26 Å². The Bertz CT molecular complexity index is 821. The molecule has 2 saturated carbocycles. The lowest BCUT2D eigenvalue weighted by Gasteiger charge is -2.19. The molecule has 0 bridgehead atoms. The average molecular weight is 359 g/mol. The van der Waals surface area contributed by atoms with Gasteiger partial charge in [-0.25, -0.2) is 0 Å². The molecule has 2 aliphatic rings. The number of nitrogens with one attached hydrogen (secondary N) is 1. The van der Waals surface area contributed by atoms with Crippen LogP contribution in [-0.2, 0) is 6.54 Å². The summed E-state index contributed by atoms with van der Waals surface area (Å²) in [7, 11) is 0. The molecule has 0 spiro atoms. The molecule has 0 radical (unpaired) electrons. The zero-order valence-corrected chi connectivity index (χ0v) is 15.5. The zero-order chi connectivity index (χ0) is 18.6. The Balaban J connectivity index is 1.32. The van der Waals surface area contributed by atoms with E-state index in [2.05, 4.69) is 28.4 Å². The van der Waals surface area contributed by atoms with Gasteiger partial charge in [0.15, 0.2) is 0 Å². The number of amides is 1. The summed E-state index contributed by atoms with van der Waals surface area (Å²) in [5.41, 5.74) is 3.06. The van der Waals surface area contributed by atoms with Crippen LogP contribution in [0.15, 0.2) is 54.6 Å². The van der Waals surface area contributed by atoms with E-state index in [1.165, 1.54) is 18.4 Å². The maximum absolute atomic E-state index is 12.3. The number of rotatable bonds is 8. The van der Waals surface area contributed by atoms with Crippen LogP contribution >= 0.6 is 0 Å². The molecular formula is C23H25N3O. The molecule has 2 unspecified atom stereocenters. The van der Waals surface area contributed by atoms with Gasteiger partial charge in [-0.1, -0.05) is 42.5 Å². The molecule has 1 N–H and O–H groups in total. The zero-order valence-electron chi connectivity index (χ0n) is 15.5. The third-order valence-corrected chi connectivity index (χ3v) is 5.59. The Morgan fingerprint density at radius 2 is 1.85 bits per heavy atom. The predicted molar refractivity (Wildman–Crippen MR) is 105 cm³/mol. The fraction of sp³-hybridized carbons (Fsp3) is 0.391. The second-order valence-corrected chi connectivity index (χ2v) is 7.73. The van der Waals surface area contributed by atoms with Crippen molar-refractivity contribution in [2.24, 2.45) is 5.92 Å². The topological polar surface area (TPSA) is 56.1 Å². The van der Waals surface area contributed by atoms with E-state index in [9.17, 15) is 4.79 Å². The summed E-state index contributed by atoms with van der Waals surface area (Å²) in [4.78, 5) is 14.7. The van der Waals surface area contributed by atoms with Crippen LogP contribution in [0.4, 0.5) is 0 Å². The predicted octanol–water partition coefficient (Wildman–Crippen LogP) is 3.71. The first kappa shape index (κ1) is 17.8. The second-order valence-electron chi connectivity index (χ2n) is 7.73. The highest BCUT2D eigenvalue weighted by molar-refractivity contribution is 5.94. The summed E-state index contributed by atoms with van der Waals surface area (Å²) < 4.78 is 0. The van der Waals surface area contributed by atoms with Gasteiger partial charge < -0.3 is 5.32 Å². The molecule has 0 aromatic heterocycles. The second kappa shape index (κ2) is 7.94. The lowest BCUT2D eigenvalue weighted by atomic mass is 10.1. The maximum atomic E-state index is 12.3. The molecule has 2 aliphatic carbocycles. The van der Waals surface area contributed by atoms with Crippen LogP contribution in [-0.4, -0.2) is 29.9 Å². The Morgan fingerprint density at radius 3 is 2.52 bits per heavy atom. The van der Waals surface area contributed by atoms with E-state index in [0.29, 0.717) is 30.6 Å². The molecular weight excluding hydrogens is 334 g/mol. The molecule has 0 saturated heterocycles. The van der Waals surface area contributed by atoms with Crippen LogP contribution < -0.4 is 5.32 Å². The van der Waals surface area contributed by atoms with Crippen molar-refractivity contribution in [2.45, 2.75) is 37.8 Å². The molecule has 138 valence electrons. The molecule has 2 fully saturated rings. The van der Waals surface area contributed by atoms with E-state index >= 15 is 0 Å². The summed E-state index contributed by atoms with van der Waals surface area (Å²) in [5.74, 6) is 1.26. The Labute approximate surface area is 160 Å². The first-order chi connectivity index (χ1) is 13.2. The first-order valence-electron chi connectivity index (χ1n) is 9.77. The van der Waals surface area contributed by atoms with E-state index in [-0.39, 0.29) is 5.91 Å². The quantitative estimate of drug-likeness (QED) is 0.731. The molecule has 2 aromatic carbocycles. The molecule has 4 rings (SSSR count). The molecule has 27 heavy (non-hydrogen) atoms. The number of benzene rings is 2. The number of carbonyl (C=O) groups is 1. The van der Waals surface area contributed by atoms with Crippen molar-refractivity contribution in [1.82, 2.24) is 10.2 Å². The van der Waals surface area contributed by atoms with Crippen molar-refractivity contribution in [3.63, 3.8) is 0 Å². The number of nitrogens with zero attached hydrogens (tertiary/aromatic N) is 2. The highest BCUT2D eigenvalue weighted by Gasteiger charge is 2.43. The Hall–Kier alpha value is -2.64. The third-order valence-electron chi connectivity index (χ3n) is 5.59. The molecule has 2 aromatic rings. The van der Waals surface area contributed by atoms with E-state index in [1.54, 1.807) is 0 Å². The monoisotopic (exact) mass is 359 g/mol. The summed E-state index contributed by atoms with van der Waals surface area (Å²) in [6.45, 7) is 2.13. The van der Waals surface area contributed by atoms with Gasteiger partial charge in [-0.3, -0.25) is 9.69 Å². The minimum atomic E-state index is -0.0439. The SMILES string of the molecule is N#CCN(CC1CC1)C1CC1c1ccc(C(=O)NCc2ccccc2)cc1. The van der Waals surface area contributed by atoms with Gasteiger partial charge >= 0.3 is 0 Å². The third kappa shape index (κ3) is 4.56. The average Bonchev–Trinajstić information content (AvgIpc) is 3.61. The van der Waals surface area contributed by atoms with E-state index < -0.39 is 0 Å². The van der Waals surface area contributed by atoms with Crippen molar-refractivity contribution in [3.05, 3.63) is 71.3 Å². The number of hydrogen-bond donors (Lipinski definition) is 1. The van der Waals surface area contributed by atoms with Gasteiger partial charge in [-0.05, 0) is 48.4 Å². The van der Waals surface area contributed by atoms with Crippen molar-refractivity contribution in [1.29, 1.82) is 5.26 Å². The smallest absolute Gasteiger partial charge is 0.251 e. The number of carbonyl (C=O) groups excluding carboxylic acids is 1. The molecule has 1 amide bonds. The van der Waals surface area contributed by atoms with Gasteiger partial charge in [0.05, 0.1) is 12.6 Å². The Morgan fingerprint density at radius 1 is 1.11 bits per heavy atom. The van der Waals surface area contributed by atoms with Crippen molar-refractivity contribution in [3.8, 4) is 6.07 Å². The molecule has 2 atom stereocenters. The van der Waals surface area contributed by atoms with Crippen molar-refractivity contribution < 1.29 is 4.79 Å². The van der Waals surface area contributed by atoms with Crippen LogP contribution in [0.3, 0.4) is 0 Å². The van der Waals surface area contributed by atoms with Crippen molar-refractivity contribution >= 4 is 5.91 Å². The molecule has 0 heterocycles. The number of nitriles is 1.